The zero-order valence-electron chi connectivity index (χ0n) is 31.9. The number of hydrogen-bond donors (Lipinski definition) is 0. The molecule has 0 unspecified atom stereocenters. The topological polar surface area (TPSA) is 25.8 Å². The quantitative estimate of drug-likeness (QED) is 0.176. The molecule has 10 aromatic rings. The van der Waals surface area contributed by atoms with Crippen molar-refractivity contribution in [2.75, 3.05) is 0 Å². The Bertz CT molecular complexity index is 3190. The normalized spacial score (nSPS) is 12.9. The molecule has 0 fully saturated rings. The van der Waals surface area contributed by atoms with Gasteiger partial charge in [0.2, 0.25) is 0 Å². The molecule has 0 bridgehead atoms. The third kappa shape index (κ3) is 5.40. The molecule has 0 atom stereocenters. The summed E-state index contributed by atoms with van der Waals surface area (Å²) in [5.41, 5.74) is 15.1. The maximum absolute atomic E-state index is 5.37. The van der Waals surface area contributed by atoms with Gasteiger partial charge >= 0.3 is 0 Å². The lowest BCUT2D eigenvalue weighted by molar-refractivity contribution is 0.661. The number of benzene rings is 9. The van der Waals surface area contributed by atoms with E-state index in [0.29, 0.717) is 5.82 Å². The second-order valence-electron chi connectivity index (χ2n) is 15.7. The highest BCUT2D eigenvalue weighted by Gasteiger charge is 2.36. The van der Waals surface area contributed by atoms with Crippen molar-refractivity contribution in [2.45, 2.75) is 19.3 Å². The van der Waals surface area contributed by atoms with Crippen LogP contribution in [0, 0.1) is 0 Å². The molecule has 1 aliphatic rings. The molecule has 9 aromatic carbocycles. The summed E-state index contributed by atoms with van der Waals surface area (Å²) in [7, 11) is 0. The van der Waals surface area contributed by atoms with Crippen molar-refractivity contribution in [3.8, 4) is 67.3 Å². The Morgan fingerprint density at radius 3 is 1.68 bits per heavy atom. The number of hydrogen-bond acceptors (Lipinski definition) is 2. The summed E-state index contributed by atoms with van der Waals surface area (Å²) in [5, 5.41) is 7.27. The minimum atomic E-state index is -0.119. The first-order chi connectivity index (χ1) is 28.0. The highest BCUT2D eigenvalue weighted by atomic mass is 14.9. The Morgan fingerprint density at radius 2 is 0.895 bits per heavy atom. The maximum Gasteiger partial charge on any atom is 0.161 e. The Balaban J connectivity index is 1.07. The largest absolute Gasteiger partial charge is 0.228 e. The van der Waals surface area contributed by atoms with Crippen molar-refractivity contribution >= 4 is 32.3 Å². The molecular weight excluding hydrogens is 689 g/mol. The summed E-state index contributed by atoms with van der Waals surface area (Å²) in [4.78, 5) is 10.7. The van der Waals surface area contributed by atoms with Gasteiger partial charge in [0.15, 0.2) is 5.82 Å². The summed E-state index contributed by atoms with van der Waals surface area (Å²) >= 11 is 0. The first kappa shape index (κ1) is 33.2. The molecule has 0 spiro atoms. The van der Waals surface area contributed by atoms with Gasteiger partial charge in [0.25, 0.3) is 0 Å². The van der Waals surface area contributed by atoms with Gasteiger partial charge in [-0.05, 0) is 95.0 Å². The molecule has 2 heteroatoms. The van der Waals surface area contributed by atoms with E-state index < -0.39 is 0 Å². The molecular formula is C55H38N2. The van der Waals surface area contributed by atoms with Crippen LogP contribution in [0.1, 0.15) is 25.0 Å². The van der Waals surface area contributed by atoms with Crippen LogP contribution in [0.2, 0.25) is 0 Å². The van der Waals surface area contributed by atoms with E-state index in [1.54, 1.807) is 0 Å². The van der Waals surface area contributed by atoms with Gasteiger partial charge < -0.3 is 0 Å². The van der Waals surface area contributed by atoms with E-state index in [1.165, 1.54) is 71.4 Å². The van der Waals surface area contributed by atoms with E-state index in [9.17, 15) is 0 Å². The van der Waals surface area contributed by atoms with Crippen molar-refractivity contribution in [1.29, 1.82) is 0 Å². The van der Waals surface area contributed by atoms with E-state index in [1.807, 2.05) is 0 Å². The Kier molecular flexibility index (Phi) is 7.55. The second kappa shape index (κ2) is 13.0. The number of nitrogens with zero attached hydrogens (tertiary/aromatic N) is 2. The third-order valence-electron chi connectivity index (χ3n) is 12.1. The summed E-state index contributed by atoms with van der Waals surface area (Å²) in [6.45, 7) is 4.73. The average Bonchev–Trinajstić information content (AvgIpc) is 3.51. The molecule has 0 N–H and O–H groups in total. The van der Waals surface area contributed by atoms with Gasteiger partial charge in [-0.3, -0.25) is 0 Å². The Morgan fingerprint density at radius 1 is 0.333 bits per heavy atom. The lowest BCUT2D eigenvalue weighted by Gasteiger charge is -2.22. The summed E-state index contributed by atoms with van der Waals surface area (Å²) in [6.07, 6.45) is 0. The molecule has 0 saturated carbocycles. The van der Waals surface area contributed by atoms with Gasteiger partial charge in [-0.25, -0.2) is 9.97 Å². The highest BCUT2D eigenvalue weighted by Crippen LogP contribution is 2.52. The molecule has 57 heavy (non-hydrogen) atoms. The highest BCUT2D eigenvalue weighted by molar-refractivity contribution is 6.06. The molecule has 1 aromatic heterocycles. The van der Waals surface area contributed by atoms with Crippen LogP contribution >= 0.6 is 0 Å². The second-order valence-corrected chi connectivity index (χ2v) is 15.7. The first-order valence-electron chi connectivity index (χ1n) is 19.7. The number of rotatable bonds is 5. The molecule has 2 nitrogen and oxygen atoms in total. The van der Waals surface area contributed by atoms with E-state index in [-0.39, 0.29) is 5.41 Å². The minimum absolute atomic E-state index is 0.119. The predicted octanol–water partition coefficient (Wildman–Crippen LogP) is 14.6. The monoisotopic (exact) mass is 726 g/mol. The van der Waals surface area contributed by atoms with Crippen LogP contribution in [0.3, 0.4) is 0 Å². The third-order valence-corrected chi connectivity index (χ3v) is 12.1. The van der Waals surface area contributed by atoms with Gasteiger partial charge in [-0.2, -0.15) is 0 Å². The summed E-state index contributed by atoms with van der Waals surface area (Å²) in [5.74, 6) is 0.711. The van der Waals surface area contributed by atoms with Crippen LogP contribution in [-0.4, -0.2) is 9.97 Å². The number of fused-ring (bicyclic) bond motifs is 7. The smallest absolute Gasteiger partial charge is 0.161 e. The SMILES string of the molecule is CC1(C)c2cc(-c3ccc(-c4nc(-c5ccc(-c6ccccc6)cc5)cc(-c5cccc6ccccc56)n4)c4ccccc34)ccc2-c2c1ccc1ccccc21. The van der Waals surface area contributed by atoms with E-state index in [2.05, 4.69) is 208 Å². The molecule has 1 aliphatic carbocycles. The van der Waals surface area contributed by atoms with Crippen LogP contribution in [0.5, 0.6) is 0 Å². The van der Waals surface area contributed by atoms with Crippen LogP contribution in [0.25, 0.3) is 99.6 Å². The van der Waals surface area contributed by atoms with Crippen molar-refractivity contribution in [1.82, 2.24) is 9.97 Å². The van der Waals surface area contributed by atoms with Crippen LogP contribution in [0.4, 0.5) is 0 Å². The van der Waals surface area contributed by atoms with Crippen LogP contribution in [0.15, 0.2) is 194 Å². The van der Waals surface area contributed by atoms with Gasteiger partial charge in [-0.15, -0.1) is 0 Å². The molecule has 1 heterocycles. The predicted molar refractivity (Wildman–Crippen MR) is 239 cm³/mol. The molecule has 268 valence electrons. The van der Waals surface area contributed by atoms with Crippen molar-refractivity contribution in [3.63, 3.8) is 0 Å². The average molecular weight is 727 g/mol. The molecule has 0 saturated heterocycles. The van der Waals surface area contributed by atoms with Gasteiger partial charge in [-0.1, -0.05) is 190 Å². The van der Waals surface area contributed by atoms with Crippen LogP contribution < -0.4 is 0 Å². The molecule has 0 aliphatic heterocycles. The van der Waals surface area contributed by atoms with E-state index in [4.69, 9.17) is 9.97 Å². The lowest BCUT2D eigenvalue weighted by atomic mass is 9.81. The fraction of sp³-hybridized carbons (Fsp3) is 0.0545. The Labute approximate surface area is 332 Å². The zero-order chi connectivity index (χ0) is 38.1. The fourth-order valence-electron chi connectivity index (χ4n) is 9.19. The van der Waals surface area contributed by atoms with Crippen LogP contribution in [-0.2, 0) is 5.41 Å². The van der Waals surface area contributed by atoms with Gasteiger partial charge in [0.05, 0.1) is 11.4 Å². The molecule has 11 rings (SSSR count). The van der Waals surface area contributed by atoms with E-state index >= 15 is 0 Å². The van der Waals surface area contributed by atoms with Gasteiger partial charge in [0, 0.05) is 22.1 Å². The van der Waals surface area contributed by atoms with Crippen molar-refractivity contribution < 1.29 is 0 Å². The van der Waals surface area contributed by atoms with Crippen molar-refractivity contribution in [3.05, 3.63) is 205 Å². The lowest BCUT2D eigenvalue weighted by Crippen LogP contribution is -2.15. The minimum Gasteiger partial charge on any atom is -0.228 e. The molecule has 0 amide bonds. The molecule has 0 radical (unpaired) electrons. The standard InChI is InChI=1S/C55H38N2/c1-55(2)49-32-28-38-16-7-9-19-43(38)53(49)48-29-27-40(33-50(48)55)42-30-31-47(45-21-11-10-20-44(42)45)54-56-51(39-25-23-36(24-26-39)35-13-4-3-5-14-35)34-52(57-54)46-22-12-17-37-15-6-8-18-41(37)46/h3-34H,1-2H3. The maximum atomic E-state index is 5.37. The Hall–Kier alpha value is -7.16. The number of aromatic nitrogens is 2. The van der Waals surface area contributed by atoms with Gasteiger partial charge in [0.1, 0.15) is 0 Å². The van der Waals surface area contributed by atoms with Crippen molar-refractivity contribution in [2.24, 2.45) is 0 Å². The fourth-order valence-corrected chi connectivity index (χ4v) is 9.19. The first-order valence-corrected chi connectivity index (χ1v) is 19.7. The summed E-state index contributed by atoms with van der Waals surface area (Å²) in [6, 6.07) is 70.1. The zero-order valence-corrected chi connectivity index (χ0v) is 31.9. The summed E-state index contributed by atoms with van der Waals surface area (Å²) < 4.78 is 0. The van der Waals surface area contributed by atoms with E-state index in [0.717, 1.165) is 33.5 Å².